The molecule has 0 bridgehead atoms. The van der Waals surface area contributed by atoms with Crippen molar-refractivity contribution in [3.63, 3.8) is 0 Å². The predicted molar refractivity (Wildman–Crippen MR) is 93.1 cm³/mol. The quantitative estimate of drug-likeness (QED) is 0.737. The number of benzene rings is 2. The first-order chi connectivity index (χ1) is 11.3. The van der Waals surface area contributed by atoms with E-state index < -0.39 is 0 Å². The molecule has 4 heteroatoms. The molecule has 1 aromatic heterocycles. The highest BCUT2D eigenvalue weighted by atomic mass is 15.4. The van der Waals surface area contributed by atoms with Crippen LogP contribution in [0.2, 0.25) is 0 Å². The number of hydrogen-bond acceptors (Lipinski definition) is 3. The van der Waals surface area contributed by atoms with Crippen molar-refractivity contribution in [2.45, 2.75) is 13.1 Å². The van der Waals surface area contributed by atoms with Crippen molar-refractivity contribution in [2.24, 2.45) is 0 Å². The molecule has 0 saturated carbocycles. The number of aromatic nitrogens is 2. The van der Waals surface area contributed by atoms with E-state index in [1.807, 2.05) is 18.7 Å². The van der Waals surface area contributed by atoms with Gasteiger partial charge in [0.1, 0.15) is 6.67 Å². The number of rotatable bonds is 4. The molecule has 0 aliphatic carbocycles. The summed E-state index contributed by atoms with van der Waals surface area (Å²) in [6.07, 6.45) is 5.66. The Balaban J connectivity index is 1.61. The zero-order valence-corrected chi connectivity index (χ0v) is 13.1. The zero-order valence-electron chi connectivity index (χ0n) is 13.1. The molecule has 1 radical (unpaired) electrons. The van der Waals surface area contributed by atoms with E-state index in [9.17, 15) is 0 Å². The Morgan fingerprint density at radius 3 is 2.57 bits per heavy atom. The van der Waals surface area contributed by atoms with Gasteiger partial charge < -0.3 is 14.4 Å². The van der Waals surface area contributed by atoms with Crippen molar-refractivity contribution < 1.29 is 0 Å². The summed E-state index contributed by atoms with van der Waals surface area (Å²) in [5.41, 5.74) is 5.10. The Morgan fingerprint density at radius 1 is 0.913 bits per heavy atom. The summed E-state index contributed by atoms with van der Waals surface area (Å²) in [7, 11) is 2.10. The fraction of sp³-hybridized carbons (Fsp3) is 0.158. The zero-order chi connectivity index (χ0) is 15.6. The van der Waals surface area contributed by atoms with E-state index in [0.717, 1.165) is 13.1 Å². The van der Waals surface area contributed by atoms with E-state index in [1.165, 1.54) is 22.5 Å². The van der Waals surface area contributed by atoms with Gasteiger partial charge in [0, 0.05) is 32.5 Å². The standard InChI is InChI=1S/C19H19N4/c1-21-15-23(13-16-5-3-2-4-6-16)19-11-17(7-8-18(19)21)12-22-10-9-20-14-22/h2-11,14-15H,12-13H2,1H3. The minimum Gasteiger partial charge on any atom is -0.349 e. The second-order valence-electron chi connectivity index (χ2n) is 5.90. The van der Waals surface area contributed by atoms with Crippen molar-refractivity contribution in [3.8, 4) is 0 Å². The first-order valence-corrected chi connectivity index (χ1v) is 7.77. The van der Waals surface area contributed by atoms with Crippen LogP contribution in [0.25, 0.3) is 0 Å². The molecule has 3 aromatic rings. The summed E-state index contributed by atoms with van der Waals surface area (Å²) >= 11 is 0. The van der Waals surface area contributed by atoms with Gasteiger partial charge in [0.15, 0.2) is 0 Å². The maximum atomic E-state index is 4.11. The average Bonchev–Trinajstić information content (AvgIpc) is 3.18. The van der Waals surface area contributed by atoms with Crippen molar-refractivity contribution >= 4 is 11.4 Å². The van der Waals surface area contributed by atoms with Crippen LogP contribution in [-0.2, 0) is 13.1 Å². The molecule has 2 aromatic carbocycles. The van der Waals surface area contributed by atoms with Crippen LogP contribution in [0.15, 0.2) is 67.3 Å². The smallest absolute Gasteiger partial charge is 0.142 e. The van der Waals surface area contributed by atoms with Crippen molar-refractivity contribution in [2.75, 3.05) is 16.8 Å². The lowest BCUT2D eigenvalue weighted by Crippen LogP contribution is -2.21. The van der Waals surface area contributed by atoms with Gasteiger partial charge in [0.2, 0.25) is 0 Å². The lowest BCUT2D eigenvalue weighted by molar-refractivity contribution is 0.797. The van der Waals surface area contributed by atoms with Crippen LogP contribution in [-0.4, -0.2) is 16.6 Å². The monoisotopic (exact) mass is 303 g/mol. The van der Waals surface area contributed by atoms with Crippen LogP contribution in [0, 0.1) is 6.67 Å². The van der Waals surface area contributed by atoms with Gasteiger partial charge in [-0.15, -0.1) is 0 Å². The number of fused-ring (bicyclic) bond motifs is 1. The normalized spacial score (nSPS) is 13.4. The Morgan fingerprint density at radius 2 is 1.78 bits per heavy atom. The number of nitrogens with zero attached hydrogens (tertiary/aromatic N) is 4. The molecular weight excluding hydrogens is 284 g/mol. The third kappa shape index (κ3) is 2.80. The summed E-state index contributed by atoms with van der Waals surface area (Å²) in [5, 5.41) is 0. The molecule has 0 amide bonds. The SMILES string of the molecule is CN1[CH]N(Cc2ccccc2)c2cc(Cn3ccnc3)ccc21. The largest absolute Gasteiger partial charge is 0.349 e. The molecule has 1 aliphatic heterocycles. The molecule has 0 atom stereocenters. The van der Waals surface area contributed by atoms with Crippen LogP contribution in [0.3, 0.4) is 0 Å². The summed E-state index contributed by atoms with van der Waals surface area (Å²) in [4.78, 5) is 8.60. The van der Waals surface area contributed by atoms with Crippen LogP contribution in [0.5, 0.6) is 0 Å². The van der Waals surface area contributed by atoms with E-state index >= 15 is 0 Å². The summed E-state index contributed by atoms with van der Waals surface area (Å²) in [5.74, 6) is 0. The maximum absolute atomic E-state index is 4.11. The predicted octanol–water partition coefficient (Wildman–Crippen LogP) is 3.51. The first kappa shape index (κ1) is 13.9. The molecule has 0 saturated heterocycles. The number of anilines is 2. The number of imidazole rings is 1. The first-order valence-electron chi connectivity index (χ1n) is 7.77. The van der Waals surface area contributed by atoms with Gasteiger partial charge in [0.05, 0.1) is 17.7 Å². The van der Waals surface area contributed by atoms with Gasteiger partial charge in [-0.3, -0.25) is 0 Å². The van der Waals surface area contributed by atoms with Gasteiger partial charge in [-0.05, 0) is 23.3 Å². The highest BCUT2D eigenvalue weighted by molar-refractivity contribution is 5.79. The molecule has 115 valence electrons. The van der Waals surface area contributed by atoms with Crippen LogP contribution < -0.4 is 9.80 Å². The Kier molecular flexibility index (Phi) is 3.50. The second kappa shape index (κ2) is 5.80. The third-order valence-corrected chi connectivity index (χ3v) is 4.16. The van der Waals surface area contributed by atoms with E-state index in [2.05, 4.69) is 81.6 Å². The van der Waals surface area contributed by atoms with Gasteiger partial charge in [0.25, 0.3) is 0 Å². The van der Waals surface area contributed by atoms with Crippen LogP contribution in [0.1, 0.15) is 11.1 Å². The topological polar surface area (TPSA) is 24.3 Å². The fourth-order valence-corrected chi connectivity index (χ4v) is 3.03. The maximum Gasteiger partial charge on any atom is 0.142 e. The molecular formula is C19H19N4. The van der Waals surface area contributed by atoms with E-state index in [0.29, 0.717) is 0 Å². The fourth-order valence-electron chi connectivity index (χ4n) is 3.03. The van der Waals surface area contributed by atoms with Crippen molar-refractivity contribution in [1.29, 1.82) is 0 Å². The van der Waals surface area contributed by atoms with Gasteiger partial charge in [-0.1, -0.05) is 36.4 Å². The second-order valence-corrected chi connectivity index (χ2v) is 5.90. The summed E-state index contributed by atoms with van der Waals surface area (Å²) in [6, 6.07) is 17.2. The lowest BCUT2D eigenvalue weighted by Gasteiger charge is -2.18. The Hall–Kier alpha value is -2.75. The Labute approximate surface area is 136 Å². The van der Waals surface area contributed by atoms with Crippen molar-refractivity contribution in [1.82, 2.24) is 9.55 Å². The molecule has 2 heterocycles. The van der Waals surface area contributed by atoms with E-state index in [-0.39, 0.29) is 0 Å². The van der Waals surface area contributed by atoms with Gasteiger partial charge in [-0.25, -0.2) is 4.98 Å². The molecule has 0 N–H and O–H groups in total. The Bertz CT molecular complexity index is 780. The molecule has 1 aliphatic rings. The van der Waals surface area contributed by atoms with Crippen molar-refractivity contribution in [3.05, 3.63) is 85.0 Å². The van der Waals surface area contributed by atoms with Gasteiger partial charge >= 0.3 is 0 Å². The number of hydrogen-bond donors (Lipinski definition) is 0. The third-order valence-electron chi connectivity index (χ3n) is 4.16. The van der Waals surface area contributed by atoms with Crippen LogP contribution >= 0.6 is 0 Å². The van der Waals surface area contributed by atoms with E-state index in [1.54, 1.807) is 0 Å². The molecule has 23 heavy (non-hydrogen) atoms. The molecule has 0 fully saturated rings. The minimum absolute atomic E-state index is 0.843. The highest BCUT2D eigenvalue weighted by Crippen LogP contribution is 2.38. The van der Waals surface area contributed by atoms with Gasteiger partial charge in [-0.2, -0.15) is 0 Å². The minimum atomic E-state index is 0.843. The lowest BCUT2D eigenvalue weighted by atomic mass is 10.1. The highest BCUT2D eigenvalue weighted by Gasteiger charge is 2.24. The van der Waals surface area contributed by atoms with E-state index in [4.69, 9.17) is 0 Å². The molecule has 0 spiro atoms. The molecule has 4 rings (SSSR count). The molecule has 4 nitrogen and oxygen atoms in total. The summed E-state index contributed by atoms with van der Waals surface area (Å²) < 4.78 is 2.09. The van der Waals surface area contributed by atoms with Crippen LogP contribution in [0.4, 0.5) is 11.4 Å². The average molecular weight is 303 g/mol. The summed E-state index contributed by atoms with van der Waals surface area (Å²) in [6.45, 7) is 3.89. The molecule has 0 unspecified atom stereocenters.